The lowest BCUT2D eigenvalue weighted by Crippen LogP contribution is -2.60. The molecule has 3 heterocycles. The number of rotatable bonds is 17. The van der Waals surface area contributed by atoms with Gasteiger partial charge >= 0.3 is 5.97 Å². The average molecular weight is 654 g/mol. The molecular formula is C36H51N3O8. The van der Waals surface area contributed by atoms with E-state index in [4.69, 9.17) is 14.2 Å². The number of allylic oxidation sites excluding steroid dienone is 1. The number of aliphatic hydroxyl groups excluding tert-OH is 1. The Hall–Kier alpha value is -3.54. The fraction of sp³-hybridized carbons (Fsp3) is 0.611. The van der Waals surface area contributed by atoms with Gasteiger partial charge in [0.15, 0.2) is 0 Å². The number of hydrogen-bond donors (Lipinski definition) is 2. The number of methoxy groups -OCH3 is 1. The average Bonchev–Trinajstić information content (AvgIpc) is 3.68. The van der Waals surface area contributed by atoms with Gasteiger partial charge in [0.1, 0.15) is 17.7 Å². The number of amides is 3. The SMILES string of the molecule is C=CCCC(=O)N[C@H](COC)[C@H](OC(=O)[C@@H]1[C@H]2C(=O)N(CCCCO)[C@H](C(=O)N(CC=C)C(C)(C)C)[C@]23CC[C@H]1O3)c1ccccc1. The summed E-state index contributed by atoms with van der Waals surface area (Å²) in [5.74, 6) is -3.28. The van der Waals surface area contributed by atoms with Gasteiger partial charge < -0.3 is 34.4 Å². The normalized spacial score (nSPS) is 26.0. The summed E-state index contributed by atoms with van der Waals surface area (Å²) in [6.45, 7) is 13.9. The predicted octanol–water partition coefficient (Wildman–Crippen LogP) is 3.33. The number of carbonyl (C=O) groups is 4. The Balaban J connectivity index is 1.69. The van der Waals surface area contributed by atoms with Gasteiger partial charge in [0.05, 0.1) is 30.6 Å². The van der Waals surface area contributed by atoms with Crippen LogP contribution in [0.1, 0.15) is 71.0 Å². The van der Waals surface area contributed by atoms with Crippen molar-refractivity contribution in [2.24, 2.45) is 11.8 Å². The molecule has 47 heavy (non-hydrogen) atoms. The summed E-state index contributed by atoms with van der Waals surface area (Å²) in [4.78, 5) is 59.2. The van der Waals surface area contributed by atoms with Crippen molar-refractivity contribution < 1.29 is 38.5 Å². The standard InChI is InChI=1S/C36H51N3O8/c1-7-9-17-27(41)37-25(23-45-6)30(24-15-11-10-12-16-24)46-34(44)28-26-18-19-36(47-26)29(28)32(42)38(21-13-14-22-40)31(36)33(43)39(20-8-2)35(3,4)5/h7-8,10-12,15-16,25-26,28-31,40H,1-2,9,13-14,17-23H2,3-6H3,(H,37,41)/t25-,26-,28+,29+,30-,31-,36+/m1/s1. The number of hydrogen-bond acceptors (Lipinski definition) is 8. The fourth-order valence-corrected chi connectivity index (χ4v) is 7.43. The summed E-state index contributed by atoms with van der Waals surface area (Å²) in [7, 11) is 1.51. The third kappa shape index (κ3) is 7.47. The minimum Gasteiger partial charge on any atom is -0.455 e. The Kier molecular flexibility index (Phi) is 12.0. The molecule has 3 saturated heterocycles. The van der Waals surface area contributed by atoms with Crippen molar-refractivity contribution in [1.29, 1.82) is 0 Å². The second kappa shape index (κ2) is 15.6. The molecule has 2 N–H and O–H groups in total. The molecule has 0 aromatic heterocycles. The van der Waals surface area contributed by atoms with Crippen molar-refractivity contribution in [3.05, 3.63) is 61.2 Å². The van der Waals surface area contributed by atoms with E-state index in [0.29, 0.717) is 37.7 Å². The Labute approximate surface area is 278 Å². The number of esters is 1. The maximum atomic E-state index is 14.5. The molecule has 4 rings (SSSR count). The number of fused-ring (bicyclic) bond motifs is 1. The van der Waals surface area contributed by atoms with Gasteiger partial charge in [0.25, 0.3) is 0 Å². The molecule has 1 spiro atoms. The summed E-state index contributed by atoms with van der Waals surface area (Å²) >= 11 is 0. The van der Waals surface area contributed by atoms with Crippen molar-refractivity contribution >= 4 is 23.7 Å². The lowest BCUT2D eigenvalue weighted by molar-refractivity contribution is -0.163. The van der Waals surface area contributed by atoms with Crippen molar-refractivity contribution in [1.82, 2.24) is 15.1 Å². The first-order valence-electron chi connectivity index (χ1n) is 16.6. The quantitative estimate of drug-likeness (QED) is 0.149. The first kappa shape index (κ1) is 36.3. The summed E-state index contributed by atoms with van der Waals surface area (Å²) in [6.07, 6.45) is 4.41. The summed E-state index contributed by atoms with van der Waals surface area (Å²) < 4.78 is 18.3. The maximum absolute atomic E-state index is 14.5. The van der Waals surface area contributed by atoms with Crippen molar-refractivity contribution in [3.8, 4) is 0 Å². The lowest BCUT2D eigenvalue weighted by Gasteiger charge is -2.42. The highest BCUT2D eigenvalue weighted by Gasteiger charge is 2.75. The van der Waals surface area contributed by atoms with Gasteiger partial charge in [-0.05, 0) is 58.4 Å². The van der Waals surface area contributed by atoms with Gasteiger partial charge in [0, 0.05) is 38.8 Å². The zero-order valence-corrected chi connectivity index (χ0v) is 28.2. The van der Waals surface area contributed by atoms with Crippen LogP contribution in [-0.4, -0.2) is 101 Å². The molecule has 11 nitrogen and oxygen atoms in total. The molecule has 0 unspecified atom stereocenters. The Morgan fingerprint density at radius 2 is 1.91 bits per heavy atom. The van der Waals surface area contributed by atoms with Gasteiger partial charge in [0.2, 0.25) is 17.7 Å². The monoisotopic (exact) mass is 653 g/mol. The van der Waals surface area contributed by atoms with E-state index in [1.54, 1.807) is 22.0 Å². The Bertz CT molecular complexity index is 1300. The van der Waals surface area contributed by atoms with Crippen molar-refractivity contribution in [2.45, 2.75) is 94.7 Å². The molecule has 3 aliphatic heterocycles. The third-order valence-electron chi connectivity index (χ3n) is 9.51. The second-order valence-corrected chi connectivity index (χ2v) is 13.7. The molecule has 1 aromatic carbocycles. The molecular weight excluding hydrogens is 602 g/mol. The molecule has 11 heteroatoms. The van der Waals surface area contributed by atoms with Gasteiger partial charge in [-0.3, -0.25) is 19.2 Å². The lowest BCUT2D eigenvalue weighted by atomic mass is 9.70. The van der Waals surface area contributed by atoms with Crippen LogP contribution in [0.15, 0.2) is 55.6 Å². The van der Waals surface area contributed by atoms with Crippen LogP contribution in [0.3, 0.4) is 0 Å². The predicted molar refractivity (Wildman–Crippen MR) is 176 cm³/mol. The Morgan fingerprint density at radius 3 is 2.53 bits per heavy atom. The van der Waals surface area contributed by atoms with E-state index in [0.717, 1.165) is 0 Å². The largest absolute Gasteiger partial charge is 0.455 e. The number of benzene rings is 1. The first-order chi connectivity index (χ1) is 22.4. The van der Waals surface area contributed by atoms with E-state index in [1.165, 1.54) is 7.11 Å². The fourth-order valence-electron chi connectivity index (χ4n) is 7.43. The second-order valence-electron chi connectivity index (χ2n) is 13.7. The zero-order chi connectivity index (χ0) is 34.4. The van der Waals surface area contributed by atoms with Crippen LogP contribution in [0.2, 0.25) is 0 Å². The highest BCUT2D eigenvalue weighted by molar-refractivity contribution is 5.98. The smallest absolute Gasteiger partial charge is 0.313 e. The van der Waals surface area contributed by atoms with Crippen LogP contribution >= 0.6 is 0 Å². The number of nitrogens with zero attached hydrogens (tertiary/aromatic N) is 2. The molecule has 3 fully saturated rings. The van der Waals surface area contributed by atoms with Crippen LogP contribution in [0.5, 0.6) is 0 Å². The maximum Gasteiger partial charge on any atom is 0.313 e. The van der Waals surface area contributed by atoms with Gasteiger partial charge in [-0.25, -0.2) is 0 Å². The molecule has 7 atom stereocenters. The number of aliphatic hydroxyl groups is 1. The number of likely N-dealkylation sites (tertiary alicyclic amines) is 1. The minimum atomic E-state index is -1.19. The van der Waals surface area contributed by atoms with E-state index in [-0.39, 0.29) is 50.4 Å². The highest BCUT2D eigenvalue weighted by Crippen LogP contribution is 2.59. The van der Waals surface area contributed by atoms with E-state index >= 15 is 0 Å². The van der Waals surface area contributed by atoms with Gasteiger partial charge in [-0.15, -0.1) is 13.2 Å². The molecule has 3 amide bonds. The minimum absolute atomic E-state index is 0.0407. The first-order valence-corrected chi connectivity index (χ1v) is 16.6. The van der Waals surface area contributed by atoms with Gasteiger partial charge in [-0.2, -0.15) is 0 Å². The molecule has 2 bridgehead atoms. The zero-order valence-electron chi connectivity index (χ0n) is 28.2. The topological polar surface area (TPSA) is 135 Å². The third-order valence-corrected chi connectivity index (χ3v) is 9.51. The number of nitrogens with one attached hydrogen (secondary N) is 1. The van der Waals surface area contributed by atoms with Crippen LogP contribution in [0.25, 0.3) is 0 Å². The summed E-state index contributed by atoms with van der Waals surface area (Å²) in [5, 5.41) is 12.4. The molecule has 0 saturated carbocycles. The van der Waals surface area contributed by atoms with Crippen LogP contribution in [0, 0.1) is 11.8 Å². The Morgan fingerprint density at radius 1 is 1.19 bits per heavy atom. The van der Waals surface area contributed by atoms with Crippen LogP contribution in [-0.2, 0) is 33.4 Å². The van der Waals surface area contributed by atoms with Crippen LogP contribution < -0.4 is 5.32 Å². The van der Waals surface area contributed by atoms with E-state index in [9.17, 15) is 24.3 Å². The van der Waals surface area contributed by atoms with Crippen molar-refractivity contribution in [3.63, 3.8) is 0 Å². The number of ether oxygens (including phenoxy) is 3. The molecule has 0 radical (unpaired) electrons. The van der Waals surface area contributed by atoms with Crippen LogP contribution in [0.4, 0.5) is 0 Å². The molecule has 258 valence electrons. The molecule has 0 aliphatic carbocycles. The van der Waals surface area contributed by atoms with E-state index < -0.39 is 53.2 Å². The van der Waals surface area contributed by atoms with Crippen molar-refractivity contribution in [2.75, 3.05) is 33.4 Å². The van der Waals surface area contributed by atoms with E-state index in [1.807, 2.05) is 51.1 Å². The number of unbranched alkanes of at least 4 members (excludes halogenated alkanes) is 1. The van der Waals surface area contributed by atoms with Gasteiger partial charge in [-0.1, -0.05) is 42.5 Å². The highest BCUT2D eigenvalue weighted by atomic mass is 16.6. The summed E-state index contributed by atoms with van der Waals surface area (Å²) in [5.41, 5.74) is -1.10. The summed E-state index contributed by atoms with van der Waals surface area (Å²) in [6, 6.07) is 7.47. The van der Waals surface area contributed by atoms with E-state index in [2.05, 4.69) is 18.5 Å². The number of carbonyl (C=O) groups excluding carboxylic acids is 4. The molecule has 1 aromatic rings. The molecule has 3 aliphatic rings.